The van der Waals surface area contributed by atoms with Crippen molar-refractivity contribution in [3.05, 3.63) is 0 Å². The fourth-order valence-corrected chi connectivity index (χ4v) is 3.03. The molecule has 0 aromatic carbocycles. The zero-order valence-electron chi connectivity index (χ0n) is 9.58. The molecule has 1 aliphatic heterocycles. The maximum atomic E-state index is 11.6. The van der Waals surface area contributed by atoms with E-state index in [-0.39, 0.29) is 11.2 Å². The summed E-state index contributed by atoms with van der Waals surface area (Å²) in [5, 5.41) is 0. The Bertz CT molecular complexity index is 290. The molecule has 4 heteroatoms. The van der Waals surface area contributed by atoms with Crippen molar-refractivity contribution in [2.45, 2.75) is 34.1 Å². The van der Waals surface area contributed by atoms with Crippen molar-refractivity contribution in [2.75, 3.05) is 18.8 Å². The Kier molecular flexibility index (Phi) is 3.26. The van der Waals surface area contributed by atoms with Crippen LogP contribution in [0.2, 0.25) is 0 Å². The number of rotatable bonds is 2. The average molecular weight is 219 g/mol. The van der Waals surface area contributed by atoms with Crippen LogP contribution in [0.1, 0.15) is 34.1 Å². The second-order valence-corrected chi connectivity index (χ2v) is 7.37. The van der Waals surface area contributed by atoms with Crippen molar-refractivity contribution in [3.8, 4) is 0 Å². The van der Waals surface area contributed by atoms with E-state index in [2.05, 4.69) is 20.8 Å². The summed E-state index contributed by atoms with van der Waals surface area (Å²) in [6.45, 7) is 9.66. The van der Waals surface area contributed by atoms with E-state index < -0.39 is 10.0 Å². The first-order valence-electron chi connectivity index (χ1n) is 5.25. The normalized spacial score (nSPS) is 25.6. The third kappa shape index (κ3) is 2.48. The minimum Gasteiger partial charge on any atom is -0.212 e. The molecule has 1 rings (SSSR count). The quantitative estimate of drug-likeness (QED) is 0.709. The van der Waals surface area contributed by atoms with E-state index in [0.717, 1.165) is 6.42 Å². The summed E-state index contributed by atoms with van der Waals surface area (Å²) in [4.78, 5) is 0. The Morgan fingerprint density at radius 1 is 1.36 bits per heavy atom. The molecule has 1 aliphatic rings. The predicted molar refractivity (Wildman–Crippen MR) is 58.6 cm³/mol. The molecule has 1 saturated heterocycles. The average Bonchev–Trinajstić information content (AvgIpc) is 2.51. The van der Waals surface area contributed by atoms with Gasteiger partial charge in [-0.15, -0.1) is 0 Å². The molecule has 1 atom stereocenters. The van der Waals surface area contributed by atoms with Crippen LogP contribution in [0, 0.1) is 11.3 Å². The van der Waals surface area contributed by atoms with Gasteiger partial charge in [0.05, 0.1) is 5.75 Å². The van der Waals surface area contributed by atoms with Crippen LogP contribution in [0.3, 0.4) is 0 Å². The Morgan fingerprint density at radius 3 is 2.29 bits per heavy atom. The molecule has 3 nitrogen and oxygen atoms in total. The van der Waals surface area contributed by atoms with Gasteiger partial charge in [-0.1, -0.05) is 20.8 Å². The highest BCUT2D eigenvalue weighted by Crippen LogP contribution is 2.34. The molecule has 84 valence electrons. The lowest BCUT2D eigenvalue weighted by Gasteiger charge is -2.26. The Morgan fingerprint density at radius 2 is 1.93 bits per heavy atom. The van der Waals surface area contributed by atoms with Gasteiger partial charge in [-0.2, -0.15) is 0 Å². The van der Waals surface area contributed by atoms with Gasteiger partial charge in [0, 0.05) is 13.1 Å². The number of nitrogens with zero attached hydrogens (tertiary/aromatic N) is 1. The van der Waals surface area contributed by atoms with Gasteiger partial charge in [0.1, 0.15) is 0 Å². The highest BCUT2D eigenvalue weighted by Gasteiger charge is 2.36. The summed E-state index contributed by atoms with van der Waals surface area (Å²) in [7, 11) is -2.96. The summed E-state index contributed by atoms with van der Waals surface area (Å²) >= 11 is 0. The van der Waals surface area contributed by atoms with E-state index in [1.807, 2.05) is 0 Å². The summed E-state index contributed by atoms with van der Waals surface area (Å²) in [5.41, 5.74) is 0.220. The monoisotopic (exact) mass is 219 g/mol. The first kappa shape index (κ1) is 12.0. The van der Waals surface area contributed by atoms with Crippen LogP contribution in [0.15, 0.2) is 0 Å². The third-order valence-electron chi connectivity index (χ3n) is 3.13. The fraction of sp³-hybridized carbons (Fsp3) is 1.00. The lowest BCUT2D eigenvalue weighted by molar-refractivity contribution is 0.252. The maximum Gasteiger partial charge on any atom is 0.213 e. The summed E-state index contributed by atoms with van der Waals surface area (Å²) in [5.74, 6) is 0.730. The van der Waals surface area contributed by atoms with Crippen LogP contribution in [0.4, 0.5) is 0 Å². The minimum atomic E-state index is -2.96. The van der Waals surface area contributed by atoms with E-state index in [0.29, 0.717) is 19.0 Å². The van der Waals surface area contributed by atoms with Gasteiger partial charge < -0.3 is 0 Å². The zero-order chi connectivity index (χ0) is 11.0. The zero-order valence-corrected chi connectivity index (χ0v) is 10.4. The van der Waals surface area contributed by atoms with Crippen LogP contribution in [0.5, 0.6) is 0 Å². The van der Waals surface area contributed by atoms with Gasteiger partial charge in [0.15, 0.2) is 0 Å². The SMILES string of the molecule is CCS(=O)(=O)N1CCC(C(C)(C)C)C1. The van der Waals surface area contributed by atoms with Gasteiger partial charge >= 0.3 is 0 Å². The van der Waals surface area contributed by atoms with Crippen LogP contribution >= 0.6 is 0 Å². The summed E-state index contributed by atoms with van der Waals surface area (Å²) in [6.07, 6.45) is 1.00. The molecule has 0 amide bonds. The van der Waals surface area contributed by atoms with E-state index >= 15 is 0 Å². The molecular weight excluding hydrogens is 198 g/mol. The Balaban J connectivity index is 2.67. The molecule has 1 fully saturated rings. The highest BCUT2D eigenvalue weighted by molar-refractivity contribution is 7.89. The standard InChI is InChI=1S/C10H21NO2S/c1-5-14(12,13)11-7-6-9(8-11)10(2,3)4/h9H,5-8H2,1-4H3. The number of hydrogen-bond donors (Lipinski definition) is 0. The Hall–Kier alpha value is -0.0900. The van der Waals surface area contributed by atoms with Crippen LogP contribution in [-0.2, 0) is 10.0 Å². The van der Waals surface area contributed by atoms with Gasteiger partial charge in [0.2, 0.25) is 10.0 Å². The van der Waals surface area contributed by atoms with Crippen molar-refractivity contribution in [3.63, 3.8) is 0 Å². The van der Waals surface area contributed by atoms with E-state index in [1.165, 1.54) is 0 Å². The number of sulfonamides is 1. The van der Waals surface area contributed by atoms with Gasteiger partial charge in [0.25, 0.3) is 0 Å². The molecule has 0 spiro atoms. The minimum absolute atomic E-state index is 0.220. The third-order valence-corrected chi connectivity index (χ3v) is 4.98. The van der Waals surface area contributed by atoms with Crippen molar-refractivity contribution in [1.82, 2.24) is 4.31 Å². The van der Waals surface area contributed by atoms with Crippen LogP contribution in [0.25, 0.3) is 0 Å². The van der Waals surface area contributed by atoms with Crippen molar-refractivity contribution in [2.24, 2.45) is 11.3 Å². The lowest BCUT2D eigenvalue weighted by atomic mass is 9.80. The maximum absolute atomic E-state index is 11.6. The van der Waals surface area contributed by atoms with Crippen molar-refractivity contribution < 1.29 is 8.42 Å². The predicted octanol–water partition coefficient (Wildman–Crippen LogP) is 1.70. The molecule has 0 radical (unpaired) electrons. The second kappa shape index (κ2) is 3.81. The van der Waals surface area contributed by atoms with Gasteiger partial charge in [-0.05, 0) is 24.7 Å². The molecule has 0 aromatic rings. The molecule has 1 unspecified atom stereocenters. The van der Waals surface area contributed by atoms with Crippen molar-refractivity contribution in [1.29, 1.82) is 0 Å². The topological polar surface area (TPSA) is 37.4 Å². The van der Waals surface area contributed by atoms with Crippen molar-refractivity contribution >= 4 is 10.0 Å². The summed E-state index contributed by atoms with van der Waals surface area (Å²) < 4.78 is 24.8. The summed E-state index contributed by atoms with van der Waals surface area (Å²) in [6, 6.07) is 0. The van der Waals surface area contributed by atoms with Gasteiger partial charge in [-0.3, -0.25) is 0 Å². The van der Waals surface area contributed by atoms with Gasteiger partial charge in [-0.25, -0.2) is 12.7 Å². The highest BCUT2D eigenvalue weighted by atomic mass is 32.2. The first-order chi connectivity index (χ1) is 6.27. The lowest BCUT2D eigenvalue weighted by Crippen LogP contribution is -2.32. The molecule has 0 N–H and O–H groups in total. The smallest absolute Gasteiger partial charge is 0.212 e. The molecule has 0 aliphatic carbocycles. The fourth-order valence-electron chi connectivity index (χ4n) is 1.87. The van der Waals surface area contributed by atoms with E-state index in [4.69, 9.17) is 0 Å². The van der Waals surface area contributed by atoms with E-state index in [9.17, 15) is 8.42 Å². The van der Waals surface area contributed by atoms with Crippen LogP contribution < -0.4 is 0 Å². The Labute approximate surface area is 87.5 Å². The molecule has 0 bridgehead atoms. The molecule has 14 heavy (non-hydrogen) atoms. The molecule has 0 aromatic heterocycles. The molecule has 0 saturated carbocycles. The molecule has 1 heterocycles. The first-order valence-corrected chi connectivity index (χ1v) is 6.86. The van der Waals surface area contributed by atoms with E-state index in [1.54, 1.807) is 11.2 Å². The largest absolute Gasteiger partial charge is 0.213 e. The molecular formula is C10H21NO2S. The second-order valence-electron chi connectivity index (χ2n) is 5.11. The number of hydrogen-bond acceptors (Lipinski definition) is 2. The van der Waals surface area contributed by atoms with Crippen LogP contribution in [-0.4, -0.2) is 31.6 Å².